The summed E-state index contributed by atoms with van der Waals surface area (Å²) in [6.07, 6.45) is 0.206. The van der Waals surface area contributed by atoms with E-state index in [9.17, 15) is 15.2 Å². The Morgan fingerprint density at radius 2 is 2.06 bits per heavy atom. The van der Waals surface area contributed by atoms with Gasteiger partial charge in [-0.2, -0.15) is 0 Å². The van der Waals surface area contributed by atoms with Crippen LogP contribution in [0.5, 0.6) is 0 Å². The van der Waals surface area contributed by atoms with Crippen molar-refractivity contribution in [1.29, 1.82) is 0 Å². The van der Waals surface area contributed by atoms with Crippen LogP contribution in [0.25, 0.3) is 0 Å². The number of rotatable bonds is 5. The molecule has 18 heavy (non-hydrogen) atoms. The Kier molecular flexibility index (Phi) is 4.67. The molecule has 2 unspecified atom stereocenters. The Bertz CT molecular complexity index is 432. The average Bonchev–Trinajstić information content (AvgIpc) is 2.35. The molecule has 100 valence electrons. The van der Waals surface area contributed by atoms with Crippen molar-refractivity contribution in [3.05, 3.63) is 33.9 Å². The second-order valence-electron chi connectivity index (χ2n) is 4.55. The van der Waals surface area contributed by atoms with Gasteiger partial charge in [0.15, 0.2) is 0 Å². The number of nitro groups is 1. The van der Waals surface area contributed by atoms with Gasteiger partial charge in [0.05, 0.1) is 11.0 Å². The zero-order valence-electron chi connectivity index (χ0n) is 11.3. The molecule has 1 aromatic carbocycles. The molecule has 0 fully saturated rings. The second-order valence-corrected chi connectivity index (χ2v) is 4.55. The van der Waals surface area contributed by atoms with E-state index in [0.29, 0.717) is 11.3 Å². The first-order chi connectivity index (χ1) is 8.38. The Hall–Kier alpha value is -1.62. The molecule has 1 N–H and O–H groups in total. The zero-order valence-corrected chi connectivity index (χ0v) is 11.3. The fourth-order valence-corrected chi connectivity index (χ4v) is 1.76. The Balaban J connectivity index is 3.23. The van der Waals surface area contributed by atoms with E-state index in [2.05, 4.69) is 0 Å². The zero-order chi connectivity index (χ0) is 13.9. The van der Waals surface area contributed by atoms with E-state index in [1.807, 2.05) is 25.8 Å². The van der Waals surface area contributed by atoms with Gasteiger partial charge in [-0.15, -0.1) is 0 Å². The molecule has 0 aliphatic heterocycles. The lowest BCUT2D eigenvalue weighted by Gasteiger charge is -2.26. The summed E-state index contributed by atoms with van der Waals surface area (Å²) in [6, 6.07) is 5.10. The Morgan fingerprint density at radius 1 is 1.44 bits per heavy atom. The van der Waals surface area contributed by atoms with Crippen LogP contribution in [0.3, 0.4) is 0 Å². The van der Waals surface area contributed by atoms with Crippen molar-refractivity contribution in [3.8, 4) is 0 Å². The van der Waals surface area contributed by atoms with E-state index in [-0.39, 0.29) is 11.7 Å². The van der Waals surface area contributed by atoms with Gasteiger partial charge in [0.1, 0.15) is 5.69 Å². The van der Waals surface area contributed by atoms with Gasteiger partial charge in [0, 0.05) is 19.2 Å². The molecule has 0 saturated heterocycles. The van der Waals surface area contributed by atoms with Crippen LogP contribution in [0.1, 0.15) is 38.9 Å². The summed E-state index contributed by atoms with van der Waals surface area (Å²) in [6.45, 7) is 5.65. The van der Waals surface area contributed by atoms with Crippen LogP contribution in [0, 0.1) is 10.1 Å². The summed E-state index contributed by atoms with van der Waals surface area (Å²) in [5, 5.41) is 20.6. The van der Waals surface area contributed by atoms with Crippen LogP contribution in [0.15, 0.2) is 18.2 Å². The van der Waals surface area contributed by atoms with Crippen LogP contribution in [0.2, 0.25) is 0 Å². The maximum absolute atomic E-state index is 11.1. The first-order valence-electron chi connectivity index (χ1n) is 6.07. The number of hydrogen-bond donors (Lipinski definition) is 1. The summed E-state index contributed by atoms with van der Waals surface area (Å²) in [5.41, 5.74) is 1.18. The maximum Gasteiger partial charge on any atom is 0.292 e. The van der Waals surface area contributed by atoms with Gasteiger partial charge >= 0.3 is 0 Å². The quantitative estimate of drug-likeness (QED) is 0.646. The smallest absolute Gasteiger partial charge is 0.292 e. The number of anilines is 1. The minimum atomic E-state index is -0.702. The molecular formula is C13H20N2O3. The summed E-state index contributed by atoms with van der Waals surface area (Å²) in [4.78, 5) is 12.6. The van der Waals surface area contributed by atoms with Crippen LogP contribution in [0.4, 0.5) is 11.4 Å². The number of aliphatic hydroxyl groups excluding tert-OH is 1. The molecule has 0 saturated carbocycles. The Morgan fingerprint density at radius 3 is 2.50 bits per heavy atom. The van der Waals surface area contributed by atoms with Crippen LogP contribution in [-0.2, 0) is 0 Å². The highest BCUT2D eigenvalue weighted by molar-refractivity contribution is 5.64. The summed E-state index contributed by atoms with van der Waals surface area (Å²) >= 11 is 0. The van der Waals surface area contributed by atoms with Gasteiger partial charge in [-0.1, -0.05) is 13.0 Å². The Labute approximate surface area is 107 Å². The lowest BCUT2D eigenvalue weighted by atomic mass is 10.1. The molecule has 5 nitrogen and oxygen atoms in total. The molecular weight excluding hydrogens is 232 g/mol. The van der Waals surface area contributed by atoms with E-state index in [1.165, 1.54) is 6.07 Å². The average molecular weight is 252 g/mol. The molecule has 0 radical (unpaired) electrons. The van der Waals surface area contributed by atoms with Crippen LogP contribution >= 0.6 is 0 Å². The maximum atomic E-state index is 11.1. The molecule has 0 heterocycles. The number of benzene rings is 1. The molecule has 0 spiro atoms. The molecule has 0 bridgehead atoms. The minimum Gasteiger partial charge on any atom is -0.389 e. The standard InChI is InChI=1S/C13H20N2O3/c1-5-9(2)14(4)12-7-6-11(10(3)16)8-13(12)15(17)18/h6-10,16H,5H2,1-4H3. The highest BCUT2D eigenvalue weighted by atomic mass is 16.6. The van der Waals surface area contributed by atoms with Gasteiger partial charge < -0.3 is 10.0 Å². The molecule has 0 aliphatic rings. The fourth-order valence-electron chi connectivity index (χ4n) is 1.76. The third kappa shape index (κ3) is 2.98. The van der Waals surface area contributed by atoms with E-state index in [0.717, 1.165) is 6.42 Å². The monoisotopic (exact) mass is 252 g/mol. The second kappa shape index (κ2) is 5.82. The SMILES string of the molecule is CCC(C)N(C)c1ccc(C(C)O)cc1[N+](=O)[O-]. The van der Waals surface area contributed by atoms with Crippen molar-refractivity contribution in [2.75, 3.05) is 11.9 Å². The van der Waals surface area contributed by atoms with Crippen molar-refractivity contribution in [3.63, 3.8) is 0 Å². The number of nitrogens with zero attached hydrogens (tertiary/aromatic N) is 2. The predicted octanol–water partition coefficient (Wildman–Crippen LogP) is 2.88. The highest BCUT2D eigenvalue weighted by Crippen LogP contribution is 2.31. The minimum absolute atomic E-state index is 0.0381. The fraction of sp³-hybridized carbons (Fsp3) is 0.538. The molecule has 5 heteroatoms. The number of hydrogen-bond acceptors (Lipinski definition) is 4. The molecule has 1 aromatic rings. The van der Waals surface area contributed by atoms with E-state index in [1.54, 1.807) is 19.1 Å². The van der Waals surface area contributed by atoms with Crippen molar-refractivity contribution in [2.45, 2.75) is 39.3 Å². The van der Waals surface area contributed by atoms with Crippen molar-refractivity contribution < 1.29 is 10.0 Å². The van der Waals surface area contributed by atoms with Gasteiger partial charge in [-0.25, -0.2) is 0 Å². The topological polar surface area (TPSA) is 66.6 Å². The molecule has 0 aromatic heterocycles. The largest absolute Gasteiger partial charge is 0.389 e. The predicted molar refractivity (Wildman–Crippen MR) is 71.9 cm³/mol. The van der Waals surface area contributed by atoms with Gasteiger partial charge in [-0.3, -0.25) is 10.1 Å². The molecule has 1 rings (SSSR count). The van der Waals surface area contributed by atoms with Gasteiger partial charge in [0.25, 0.3) is 5.69 Å². The van der Waals surface area contributed by atoms with Gasteiger partial charge in [-0.05, 0) is 31.9 Å². The number of nitro benzene ring substituents is 1. The van der Waals surface area contributed by atoms with Crippen molar-refractivity contribution in [1.82, 2.24) is 0 Å². The van der Waals surface area contributed by atoms with E-state index < -0.39 is 11.0 Å². The van der Waals surface area contributed by atoms with Crippen molar-refractivity contribution in [2.24, 2.45) is 0 Å². The molecule has 2 atom stereocenters. The molecule has 0 aliphatic carbocycles. The van der Waals surface area contributed by atoms with E-state index in [4.69, 9.17) is 0 Å². The summed E-state index contributed by atoms with van der Waals surface area (Å²) in [5.74, 6) is 0. The van der Waals surface area contributed by atoms with Crippen LogP contribution in [-0.4, -0.2) is 23.1 Å². The normalized spacial score (nSPS) is 14.1. The third-order valence-corrected chi connectivity index (χ3v) is 3.31. The first-order valence-corrected chi connectivity index (χ1v) is 6.07. The van der Waals surface area contributed by atoms with E-state index >= 15 is 0 Å². The third-order valence-electron chi connectivity index (χ3n) is 3.31. The van der Waals surface area contributed by atoms with Crippen LogP contribution < -0.4 is 4.90 Å². The lowest BCUT2D eigenvalue weighted by molar-refractivity contribution is -0.384. The summed E-state index contributed by atoms with van der Waals surface area (Å²) in [7, 11) is 1.85. The molecule has 0 amide bonds. The first kappa shape index (κ1) is 14.4. The van der Waals surface area contributed by atoms with Crippen molar-refractivity contribution >= 4 is 11.4 Å². The van der Waals surface area contributed by atoms with Gasteiger partial charge in [0.2, 0.25) is 0 Å². The number of aliphatic hydroxyl groups is 1. The summed E-state index contributed by atoms with van der Waals surface area (Å²) < 4.78 is 0. The highest BCUT2D eigenvalue weighted by Gasteiger charge is 2.21. The lowest BCUT2D eigenvalue weighted by Crippen LogP contribution is -2.28.